The number of hydrogen-bond donors (Lipinski definition) is 1. The zero-order valence-electron chi connectivity index (χ0n) is 7.17. The first kappa shape index (κ1) is 8.02. The molecule has 0 spiro atoms. The Morgan fingerprint density at radius 3 is 2.20 bits per heavy atom. The lowest BCUT2D eigenvalue weighted by Crippen LogP contribution is -2.31. The van der Waals surface area contributed by atoms with Gasteiger partial charge in [-0.05, 0) is 19.8 Å². The molecular weight excluding hydrogens is 124 g/mol. The Kier molecular flexibility index (Phi) is 2.32. The zero-order chi connectivity index (χ0) is 7.72. The molecule has 2 atom stereocenters. The molecule has 0 aromatic carbocycles. The lowest BCUT2D eigenvalue weighted by Gasteiger charge is -2.19. The van der Waals surface area contributed by atoms with Gasteiger partial charge in [0.15, 0.2) is 0 Å². The van der Waals surface area contributed by atoms with E-state index in [0.29, 0.717) is 18.0 Å². The topological polar surface area (TPSA) is 29.3 Å². The molecule has 1 aliphatic rings. The van der Waals surface area contributed by atoms with E-state index in [2.05, 4.69) is 25.7 Å². The van der Waals surface area contributed by atoms with Crippen molar-refractivity contribution in [2.45, 2.75) is 32.9 Å². The number of nitrogens with zero attached hydrogens (tertiary/aromatic N) is 1. The fraction of sp³-hybridized carbons (Fsp3) is 1.00. The maximum Gasteiger partial charge on any atom is 0.0206 e. The van der Waals surface area contributed by atoms with Crippen molar-refractivity contribution in [3.05, 3.63) is 0 Å². The van der Waals surface area contributed by atoms with Crippen molar-refractivity contribution in [1.82, 2.24) is 4.90 Å². The first-order valence-electron chi connectivity index (χ1n) is 4.11. The van der Waals surface area contributed by atoms with Gasteiger partial charge < -0.3 is 5.73 Å². The highest BCUT2D eigenvalue weighted by Gasteiger charge is 2.27. The number of nitrogens with two attached hydrogens (primary N) is 1. The van der Waals surface area contributed by atoms with Crippen molar-refractivity contribution in [2.75, 3.05) is 13.1 Å². The molecule has 10 heavy (non-hydrogen) atoms. The Balaban J connectivity index is 2.41. The van der Waals surface area contributed by atoms with Crippen LogP contribution in [-0.2, 0) is 0 Å². The zero-order valence-corrected chi connectivity index (χ0v) is 7.17. The number of hydrogen-bond acceptors (Lipinski definition) is 2. The third-order valence-corrected chi connectivity index (χ3v) is 2.43. The Hall–Kier alpha value is -0.0800. The molecule has 1 saturated heterocycles. The van der Waals surface area contributed by atoms with Crippen LogP contribution in [0.3, 0.4) is 0 Å². The molecule has 0 bridgehead atoms. The molecule has 0 radical (unpaired) electrons. The van der Waals surface area contributed by atoms with E-state index in [4.69, 9.17) is 5.73 Å². The Morgan fingerprint density at radius 1 is 1.40 bits per heavy atom. The molecule has 2 heteroatoms. The molecule has 0 aliphatic carbocycles. The number of rotatable bonds is 1. The summed E-state index contributed by atoms with van der Waals surface area (Å²) in [6.07, 6.45) is 0. The predicted octanol–water partition coefficient (Wildman–Crippen LogP) is 0.674. The van der Waals surface area contributed by atoms with E-state index in [-0.39, 0.29) is 0 Å². The lowest BCUT2D eigenvalue weighted by molar-refractivity contribution is 0.266. The van der Waals surface area contributed by atoms with E-state index in [1.807, 2.05) is 0 Å². The van der Waals surface area contributed by atoms with Crippen LogP contribution in [0.2, 0.25) is 0 Å². The summed E-state index contributed by atoms with van der Waals surface area (Å²) >= 11 is 0. The van der Waals surface area contributed by atoms with Gasteiger partial charge in [0.05, 0.1) is 0 Å². The fourth-order valence-electron chi connectivity index (χ4n) is 1.45. The second-order valence-electron chi connectivity index (χ2n) is 3.69. The molecule has 1 aliphatic heterocycles. The Labute approximate surface area is 63.4 Å². The number of likely N-dealkylation sites (tertiary alicyclic amines) is 1. The van der Waals surface area contributed by atoms with Gasteiger partial charge in [0.1, 0.15) is 0 Å². The minimum Gasteiger partial charge on any atom is -0.326 e. The van der Waals surface area contributed by atoms with Gasteiger partial charge in [0.25, 0.3) is 0 Å². The Morgan fingerprint density at radius 2 is 2.00 bits per heavy atom. The molecule has 2 N–H and O–H groups in total. The van der Waals surface area contributed by atoms with E-state index in [1.165, 1.54) is 6.54 Å². The van der Waals surface area contributed by atoms with Crippen LogP contribution < -0.4 is 5.73 Å². The largest absolute Gasteiger partial charge is 0.326 e. The van der Waals surface area contributed by atoms with Gasteiger partial charge in [-0.2, -0.15) is 0 Å². The highest BCUT2D eigenvalue weighted by Crippen LogP contribution is 2.16. The van der Waals surface area contributed by atoms with Crippen molar-refractivity contribution in [3.63, 3.8) is 0 Å². The van der Waals surface area contributed by atoms with E-state index >= 15 is 0 Å². The van der Waals surface area contributed by atoms with E-state index < -0.39 is 0 Å². The third-order valence-electron chi connectivity index (χ3n) is 2.43. The maximum absolute atomic E-state index is 5.86. The van der Waals surface area contributed by atoms with Gasteiger partial charge in [-0.25, -0.2) is 0 Å². The van der Waals surface area contributed by atoms with Crippen molar-refractivity contribution in [1.29, 1.82) is 0 Å². The van der Waals surface area contributed by atoms with Crippen LogP contribution in [0.15, 0.2) is 0 Å². The monoisotopic (exact) mass is 142 g/mol. The quantitative estimate of drug-likeness (QED) is 0.583. The lowest BCUT2D eigenvalue weighted by atomic mass is 10.1. The van der Waals surface area contributed by atoms with E-state index in [0.717, 1.165) is 6.54 Å². The molecular formula is C8H18N2. The minimum atomic E-state index is 0.405. The molecule has 0 aromatic rings. The molecule has 1 heterocycles. The molecule has 1 unspecified atom stereocenters. The summed E-state index contributed by atoms with van der Waals surface area (Å²) in [5, 5.41) is 0. The Bertz CT molecular complexity index is 102. The van der Waals surface area contributed by atoms with Crippen LogP contribution in [0.5, 0.6) is 0 Å². The van der Waals surface area contributed by atoms with Gasteiger partial charge in [-0.15, -0.1) is 0 Å². The molecule has 1 rings (SSSR count). The summed E-state index contributed by atoms with van der Waals surface area (Å²) in [6, 6.07) is 1.07. The normalized spacial score (nSPS) is 35.7. The fourth-order valence-corrected chi connectivity index (χ4v) is 1.45. The van der Waals surface area contributed by atoms with E-state index in [1.54, 1.807) is 0 Å². The van der Waals surface area contributed by atoms with Gasteiger partial charge in [-0.3, -0.25) is 4.90 Å². The summed E-state index contributed by atoms with van der Waals surface area (Å²) in [5.74, 6) is 0.683. The van der Waals surface area contributed by atoms with Crippen LogP contribution in [-0.4, -0.2) is 30.1 Å². The van der Waals surface area contributed by atoms with Crippen LogP contribution in [0, 0.1) is 5.92 Å². The SMILES string of the molecule is CC1CN(C(C)C)C[C@H]1N. The summed E-state index contributed by atoms with van der Waals surface area (Å²) in [4.78, 5) is 2.44. The minimum absolute atomic E-state index is 0.405. The average Bonchev–Trinajstić information content (AvgIpc) is 2.13. The molecule has 1 fully saturated rings. The first-order valence-corrected chi connectivity index (χ1v) is 4.11. The summed E-state index contributed by atoms with van der Waals surface area (Å²) in [7, 11) is 0. The molecule has 0 saturated carbocycles. The molecule has 0 aromatic heterocycles. The molecule has 2 nitrogen and oxygen atoms in total. The van der Waals surface area contributed by atoms with E-state index in [9.17, 15) is 0 Å². The van der Waals surface area contributed by atoms with Crippen molar-refractivity contribution < 1.29 is 0 Å². The van der Waals surface area contributed by atoms with Crippen LogP contribution in [0.25, 0.3) is 0 Å². The second kappa shape index (κ2) is 2.89. The van der Waals surface area contributed by atoms with Gasteiger partial charge in [-0.1, -0.05) is 6.92 Å². The highest BCUT2D eigenvalue weighted by molar-refractivity contribution is 4.85. The second-order valence-corrected chi connectivity index (χ2v) is 3.69. The van der Waals surface area contributed by atoms with Crippen molar-refractivity contribution in [3.8, 4) is 0 Å². The van der Waals surface area contributed by atoms with Gasteiger partial charge in [0, 0.05) is 25.2 Å². The van der Waals surface area contributed by atoms with Crippen molar-refractivity contribution in [2.24, 2.45) is 11.7 Å². The van der Waals surface area contributed by atoms with Crippen LogP contribution in [0.1, 0.15) is 20.8 Å². The maximum atomic E-state index is 5.86. The predicted molar refractivity (Wildman–Crippen MR) is 43.8 cm³/mol. The van der Waals surface area contributed by atoms with Gasteiger partial charge >= 0.3 is 0 Å². The highest BCUT2D eigenvalue weighted by atomic mass is 15.2. The summed E-state index contributed by atoms with van der Waals surface area (Å²) < 4.78 is 0. The summed E-state index contributed by atoms with van der Waals surface area (Å²) in [5.41, 5.74) is 5.86. The molecule has 0 amide bonds. The standard InChI is InChI=1S/C8H18N2/c1-6(2)10-4-7(3)8(9)5-10/h6-8H,4-5,9H2,1-3H3/t7?,8-/m1/s1. The first-order chi connectivity index (χ1) is 4.61. The van der Waals surface area contributed by atoms with Crippen LogP contribution in [0.4, 0.5) is 0 Å². The molecule has 60 valence electrons. The summed E-state index contributed by atoms with van der Waals surface area (Å²) in [6.45, 7) is 8.94. The van der Waals surface area contributed by atoms with Crippen molar-refractivity contribution >= 4 is 0 Å². The van der Waals surface area contributed by atoms with Gasteiger partial charge in [0.2, 0.25) is 0 Å². The van der Waals surface area contributed by atoms with Crippen LogP contribution >= 0.6 is 0 Å². The average molecular weight is 142 g/mol. The smallest absolute Gasteiger partial charge is 0.0206 e. The third kappa shape index (κ3) is 1.50.